The van der Waals surface area contributed by atoms with Crippen LogP contribution in [0.1, 0.15) is 16.0 Å². The standard InChI is InChI=1S/C21H22N2O3S/c1-13-11-15(5-10-18(13)26-4)12-19(24)22-21-23-20(14(2)27-21)16-6-8-17(25-3)9-7-16/h5-11H,12H2,1-4H3,(H,22,23,24). The summed E-state index contributed by atoms with van der Waals surface area (Å²) < 4.78 is 10.4. The van der Waals surface area contributed by atoms with Crippen LogP contribution in [0.15, 0.2) is 42.5 Å². The maximum Gasteiger partial charge on any atom is 0.230 e. The van der Waals surface area contributed by atoms with Crippen molar-refractivity contribution in [2.24, 2.45) is 0 Å². The molecule has 1 N–H and O–H groups in total. The molecule has 27 heavy (non-hydrogen) atoms. The fraction of sp³-hybridized carbons (Fsp3) is 0.238. The van der Waals surface area contributed by atoms with Gasteiger partial charge in [-0.2, -0.15) is 0 Å². The lowest BCUT2D eigenvalue weighted by atomic mass is 10.1. The monoisotopic (exact) mass is 382 g/mol. The lowest BCUT2D eigenvalue weighted by Crippen LogP contribution is -2.14. The van der Waals surface area contributed by atoms with E-state index in [1.54, 1.807) is 14.2 Å². The zero-order valence-corrected chi connectivity index (χ0v) is 16.6. The molecule has 0 aliphatic heterocycles. The van der Waals surface area contributed by atoms with E-state index < -0.39 is 0 Å². The van der Waals surface area contributed by atoms with E-state index in [0.717, 1.165) is 38.8 Å². The van der Waals surface area contributed by atoms with E-state index in [4.69, 9.17) is 9.47 Å². The molecule has 0 aliphatic rings. The first-order chi connectivity index (χ1) is 13.0. The number of carbonyl (C=O) groups excluding carboxylic acids is 1. The molecule has 5 nitrogen and oxygen atoms in total. The van der Waals surface area contributed by atoms with Gasteiger partial charge in [0.15, 0.2) is 5.13 Å². The van der Waals surface area contributed by atoms with E-state index in [-0.39, 0.29) is 5.91 Å². The highest BCUT2D eigenvalue weighted by molar-refractivity contribution is 7.16. The molecule has 0 spiro atoms. The van der Waals surface area contributed by atoms with Crippen molar-refractivity contribution < 1.29 is 14.3 Å². The smallest absolute Gasteiger partial charge is 0.230 e. The van der Waals surface area contributed by atoms with Crippen LogP contribution in [0.25, 0.3) is 11.3 Å². The van der Waals surface area contributed by atoms with Crippen LogP contribution in [-0.2, 0) is 11.2 Å². The van der Waals surface area contributed by atoms with Gasteiger partial charge in [-0.15, -0.1) is 11.3 Å². The van der Waals surface area contributed by atoms with Crippen LogP contribution >= 0.6 is 11.3 Å². The van der Waals surface area contributed by atoms with Gasteiger partial charge in [-0.25, -0.2) is 4.98 Å². The van der Waals surface area contributed by atoms with Gasteiger partial charge in [0.2, 0.25) is 5.91 Å². The van der Waals surface area contributed by atoms with Crippen molar-refractivity contribution in [3.8, 4) is 22.8 Å². The number of carbonyl (C=O) groups is 1. The number of thiazole rings is 1. The molecule has 0 fully saturated rings. The summed E-state index contributed by atoms with van der Waals surface area (Å²) >= 11 is 1.47. The first-order valence-electron chi connectivity index (χ1n) is 8.55. The largest absolute Gasteiger partial charge is 0.497 e. The van der Waals surface area contributed by atoms with Gasteiger partial charge < -0.3 is 14.8 Å². The summed E-state index contributed by atoms with van der Waals surface area (Å²) in [6.45, 7) is 3.96. The zero-order chi connectivity index (χ0) is 19.4. The highest BCUT2D eigenvalue weighted by Crippen LogP contribution is 2.31. The quantitative estimate of drug-likeness (QED) is 0.675. The molecule has 3 aromatic rings. The van der Waals surface area contributed by atoms with Crippen LogP contribution in [0, 0.1) is 13.8 Å². The number of benzene rings is 2. The number of methoxy groups -OCH3 is 2. The molecule has 0 aliphatic carbocycles. The van der Waals surface area contributed by atoms with Crippen molar-refractivity contribution in [3.63, 3.8) is 0 Å². The van der Waals surface area contributed by atoms with Crippen LogP contribution in [0.4, 0.5) is 5.13 Å². The molecule has 1 aromatic heterocycles. The molecule has 0 atom stereocenters. The van der Waals surface area contributed by atoms with Gasteiger partial charge >= 0.3 is 0 Å². The lowest BCUT2D eigenvalue weighted by Gasteiger charge is -2.07. The Hall–Kier alpha value is -2.86. The summed E-state index contributed by atoms with van der Waals surface area (Å²) in [5.74, 6) is 1.53. The summed E-state index contributed by atoms with van der Waals surface area (Å²) in [5, 5.41) is 3.51. The third kappa shape index (κ3) is 4.46. The molecule has 0 radical (unpaired) electrons. The molecule has 140 valence electrons. The summed E-state index contributed by atoms with van der Waals surface area (Å²) in [6, 6.07) is 13.5. The van der Waals surface area contributed by atoms with Gasteiger partial charge in [0.25, 0.3) is 0 Å². The van der Waals surface area contributed by atoms with Gasteiger partial charge in [0.05, 0.1) is 26.3 Å². The molecule has 0 unspecified atom stereocenters. The Kier molecular flexibility index (Phi) is 5.76. The fourth-order valence-electron chi connectivity index (χ4n) is 2.87. The second-order valence-corrected chi connectivity index (χ2v) is 7.38. The van der Waals surface area contributed by atoms with E-state index in [9.17, 15) is 4.79 Å². The number of nitrogens with one attached hydrogen (secondary N) is 1. The van der Waals surface area contributed by atoms with Gasteiger partial charge in [-0.3, -0.25) is 4.79 Å². The van der Waals surface area contributed by atoms with E-state index >= 15 is 0 Å². The molecular weight excluding hydrogens is 360 g/mol. The minimum atomic E-state index is -0.0883. The van der Waals surface area contributed by atoms with Crippen molar-refractivity contribution >= 4 is 22.4 Å². The number of rotatable bonds is 6. The Morgan fingerprint density at radius 3 is 2.44 bits per heavy atom. The summed E-state index contributed by atoms with van der Waals surface area (Å²) in [7, 11) is 3.28. The molecule has 6 heteroatoms. The second-order valence-electron chi connectivity index (χ2n) is 6.18. The van der Waals surface area contributed by atoms with Crippen molar-refractivity contribution in [1.29, 1.82) is 0 Å². The van der Waals surface area contributed by atoms with Crippen molar-refractivity contribution in [1.82, 2.24) is 4.98 Å². The Labute approximate surface area is 163 Å². The van der Waals surface area contributed by atoms with Crippen LogP contribution in [0.2, 0.25) is 0 Å². The maximum atomic E-state index is 12.4. The normalized spacial score (nSPS) is 10.5. The maximum absolute atomic E-state index is 12.4. The molecule has 3 rings (SSSR count). The summed E-state index contributed by atoms with van der Waals surface area (Å²) in [5.41, 5.74) is 3.82. The molecule has 0 saturated carbocycles. The van der Waals surface area contributed by atoms with E-state index in [1.165, 1.54) is 11.3 Å². The zero-order valence-electron chi connectivity index (χ0n) is 15.8. The highest BCUT2D eigenvalue weighted by atomic mass is 32.1. The first kappa shape index (κ1) is 18.9. The van der Waals surface area contributed by atoms with Crippen LogP contribution < -0.4 is 14.8 Å². The number of aryl methyl sites for hydroxylation is 2. The minimum absolute atomic E-state index is 0.0883. The number of hydrogen-bond acceptors (Lipinski definition) is 5. The Morgan fingerprint density at radius 1 is 1.07 bits per heavy atom. The van der Waals surface area contributed by atoms with Gasteiger partial charge in [0, 0.05) is 10.4 Å². The number of anilines is 1. The third-order valence-corrected chi connectivity index (χ3v) is 5.12. The van der Waals surface area contributed by atoms with E-state index in [2.05, 4.69) is 10.3 Å². The predicted octanol–water partition coefficient (Wildman–Crippen LogP) is 4.63. The second kappa shape index (κ2) is 8.22. The predicted molar refractivity (Wildman–Crippen MR) is 109 cm³/mol. The Bertz CT molecular complexity index is 949. The summed E-state index contributed by atoms with van der Waals surface area (Å²) in [6.07, 6.45) is 0.293. The average molecular weight is 382 g/mol. The number of ether oxygens (including phenoxy) is 2. The molecule has 2 aromatic carbocycles. The number of amides is 1. The van der Waals surface area contributed by atoms with Crippen LogP contribution in [0.5, 0.6) is 11.5 Å². The number of hydrogen-bond donors (Lipinski definition) is 1. The van der Waals surface area contributed by atoms with Gasteiger partial charge in [0.1, 0.15) is 11.5 Å². The number of aromatic nitrogens is 1. The van der Waals surface area contributed by atoms with E-state index in [1.807, 2.05) is 56.3 Å². The topological polar surface area (TPSA) is 60.5 Å². The highest BCUT2D eigenvalue weighted by Gasteiger charge is 2.13. The van der Waals surface area contributed by atoms with Gasteiger partial charge in [-0.1, -0.05) is 12.1 Å². The Morgan fingerprint density at radius 2 is 1.81 bits per heavy atom. The molecule has 1 heterocycles. The first-order valence-corrected chi connectivity index (χ1v) is 9.37. The molecule has 0 saturated heterocycles. The number of nitrogens with zero attached hydrogens (tertiary/aromatic N) is 1. The summed E-state index contributed by atoms with van der Waals surface area (Å²) in [4.78, 5) is 18.0. The minimum Gasteiger partial charge on any atom is -0.497 e. The molecular formula is C21H22N2O3S. The van der Waals surface area contributed by atoms with Crippen LogP contribution in [0.3, 0.4) is 0 Å². The van der Waals surface area contributed by atoms with Crippen molar-refractivity contribution in [3.05, 3.63) is 58.5 Å². The van der Waals surface area contributed by atoms with Crippen LogP contribution in [-0.4, -0.2) is 25.1 Å². The molecule has 1 amide bonds. The van der Waals surface area contributed by atoms with Gasteiger partial charge in [-0.05, 0) is 55.3 Å². The third-order valence-electron chi connectivity index (χ3n) is 4.23. The lowest BCUT2D eigenvalue weighted by molar-refractivity contribution is -0.115. The SMILES string of the molecule is COc1ccc(-c2nc(NC(=O)Cc3ccc(OC)c(C)c3)sc2C)cc1. The van der Waals surface area contributed by atoms with Crippen molar-refractivity contribution in [2.45, 2.75) is 20.3 Å². The fourth-order valence-corrected chi connectivity index (χ4v) is 3.72. The Balaban J connectivity index is 1.70. The van der Waals surface area contributed by atoms with Crippen molar-refractivity contribution in [2.75, 3.05) is 19.5 Å². The van der Waals surface area contributed by atoms with E-state index in [0.29, 0.717) is 11.6 Å². The average Bonchev–Trinajstić information content (AvgIpc) is 3.02. The molecule has 0 bridgehead atoms.